The van der Waals surface area contributed by atoms with Crippen LogP contribution in [0.5, 0.6) is 11.5 Å². The second kappa shape index (κ2) is 8.27. The fourth-order valence-electron chi connectivity index (χ4n) is 3.76. The fourth-order valence-corrected chi connectivity index (χ4v) is 3.76. The average molecular weight is 389 g/mol. The van der Waals surface area contributed by atoms with E-state index in [2.05, 4.69) is 29.6 Å². The molecule has 0 bridgehead atoms. The molecule has 2 N–H and O–H groups in total. The number of hydrogen-bond acceptors (Lipinski definition) is 4. The number of phenols is 1. The van der Waals surface area contributed by atoms with Gasteiger partial charge in [-0.3, -0.25) is 0 Å². The highest BCUT2D eigenvalue weighted by atomic mass is 16.5. The lowest BCUT2D eigenvalue weighted by atomic mass is 9.98. The van der Waals surface area contributed by atoms with Gasteiger partial charge in [0.25, 0.3) is 0 Å². The number of rotatable bonds is 6. The Kier molecular flexibility index (Phi) is 5.38. The molecule has 1 aliphatic rings. The molecule has 0 fully saturated rings. The van der Waals surface area contributed by atoms with Gasteiger partial charge in [0.2, 0.25) is 0 Å². The summed E-state index contributed by atoms with van der Waals surface area (Å²) >= 11 is 0. The topological polar surface area (TPSA) is 67.8 Å². The van der Waals surface area contributed by atoms with E-state index in [4.69, 9.17) is 9.47 Å². The average Bonchev–Trinajstić information content (AvgIpc) is 3.07. The van der Waals surface area contributed by atoms with Gasteiger partial charge in [0.15, 0.2) is 11.5 Å². The smallest absolute Gasteiger partial charge is 0.407 e. The van der Waals surface area contributed by atoms with Gasteiger partial charge in [-0.15, -0.1) is 0 Å². The normalized spacial score (nSPS) is 12.2. The number of alkyl carbamates (subject to hydrolysis) is 1. The second-order valence-corrected chi connectivity index (χ2v) is 6.91. The van der Waals surface area contributed by atoms with Gasteiger partial charge < -0.3 is 19.9 Å². The minimum atomic E-state index is -0.474. The van der Waals surface area contributed by atoms with Gasteiger partial charge in [-0.1, -0.05) is 54.6 Å². The van der Waals surface area contributed by atoms with Gasteiger partial charge in [-0.2, -0.15) is 0 Å². The molecule has 3 aromatic rings. The van der Waals surface area contributed by atoms with Crippen LogP contribution in [-0.2, 0) is 11.3 Å². The van der Waals surface area contributed by atoms with Crippen LogP contribution in [0.15, 0.2) is 66.7 Å². The largest absolute Gasteiger partial charge is 0.504 e. The van der Waals surface area contributed by atoms with E-state index in [1.165, 1.54) is 22.3 Å². The van der Waals surface area contributed by atoms with E-state index < -0.39 is 6.09 Å². The molecule has 5 nitrogen and oxygen atoms in total. The Balaban J connectivity index is 1.39. The molecule has 0 saturated heterocycles. The van der Waals surface area contributed by atoms with E-state index in [-0.39, 0.29) is 24.8 Å². The number of ether oxygens (including phenoxy) is 2. The van der Waals surface area contributed by atoms with Gasteiger partial charge >= 0.3 is 6.09 Å². The maximum atomic E-state index is 12.3. The number of fused-ring (bicyclic) bond motifs is 3. The molecule has 0 saturated carbocycles. The van der Waals surface area contributed by atoms with Crippen molar-refractivity contribution in [2.45, 2.75) is 19.4 Å². The number of nitrogens with one attached hydrogen (secondary N) is 1. The summed E-state index contributed by atoms with van der Waals surface area (Å²) in [6, 6.07) is 21.5. The molecule has 1 aliphatic carbocycles. The number of carbonyl (C=O) groups is 1. The van der Waals surface area contributed by atoms with Crippen LogP contribution in [-0.4, -0.2) is 24.4 Å². The first-order valence-electron chi connectivity index (χ1n) is 9.71. The van der Waals surface area contributed by atoms with Gasteiger partial charge in [0, 0.05) is 12.5 Å². The lowest BCUT2D eigenvalue weighted by molar-refractivity contribution is 0.142. The number of benzene rings is 3. The van der Waals surface area contributed by atoms with E-state index in [1.54, 1.807) is 18.2 Å². The predicted octanol–water partition coefficient (Wildman–Crippen LogP) is 4.83. The molecule has 148 valence electrons. The first-order valence-corrected chi connectivity index (χ1v) is 9.71. The summed E-state index contributed by atoms with van der Waals surface area (Å²) in [5.41, 5.74) is 5.58. The zero-order chi connectivity index (χ0) is 20.2. The van der Waals surface area contributed by atoms with E-state index in [9.17, 15) is 9.90 Å². The Morgan fingerprint density at radius 2 is 1.66 bits per heavy atom. The molecule has 0 radical (unpaired) electrons. The molecule has 3 aromatic carbocycles. The molecular formula is C24H23NO4. The van der Waals surface area contributed by atoms with Crippen LogP contribution in [0.4, 0.5) is 4.79 Å². The van der Waals surface area contributed by atoms with Crippen molar-refractivity contribution in [3.8, 4) is 22.6 Å². The number of amides is 1. The van der Waals surface area contributed by atoms with Crippen LogP contribution in [0, 0.1) is 0 Å². The summed E-state index contributed by atoms with van der Waals surface area (Å²) in [6.07, 6.45) is -0.474. The molecule has 29 heavy (non-hydrogen) atoms. The van der Waals surface area contributed by atoms with Crippen molar-refractivity contribution < 1.29 is 19.4 Å². The third kappa shape index (κ3) is 3.90. The van der Waals surface area contributed by atoms with E-state index in [0.717, 1.165) is 5.56 Å². The van der Waals surface area contributed by atoms with Crippen molar-refractivity contribution >= 4 is 6.09 Å². The van der Waals surface area contributed by atoms with Crippen LogP contribution in [0.2, 0.25) is 0 Å². The van der Waals surface area contributed by atoms with Crippen molar-refractivity contribution in [2.75, 3.05) is 13.2 Å². The van der Waals surface area contributed by atoms with Crippen LogP contribution in [0.3, 0.4) is 0 Å². The Hall–Kier alpha value is -3.47. The Labute approximate surface area is 169 Å². The molecular weight excluding hydrogens is 366 g/mol. The Morgan fingerprint density at radius 1 is 1.00 bits per heavy atom. The molecule has 0 spiro atoms. The second-order valence-electron chi connectivity index (χ2n) is 6.91. The lowest BCUT2D eigenvalue weighted by Crippen LogP contribution is -2.25. The van der Waals surface area contributed by atoms with Gasteiger partial charge in [-0.25, -0.2) is 4.79 Å². The summed E-state index contributed by atoms with van der Waals surface area (Å²) < 4.78 is 10.9. The minimum Gasteiger partial charge on any atom is -0.504 e. The molecule has 0 atom stereocenters. The third-order valence-electron chi connectivity index (χ3n) is 5.10. The van der Waals surface area contributed by atoms with Crippen molar-refractivity contribution in [2.24, 2.45) is 0 Å². The summed E-state index contributed by atoms with van der Waals surface area (Å²) in [6.45, 7) is 2.87. The first-order chi connectivity index (χ1) is 14.2. The van der Waals surface area contributed by atoms with E-state index in [0.29, 0.717) is 12.4 Å². The van der Waals surface area contributed by atoms with Gasteiger partial charge in [0.05, 0.1) is 6.61 Å². The van der Waals surface area contributed by atoms with Crippen LogP contribution in [0.25, 0.3) is 11.1 Å². The number of hydrogen-bond donors (Lipinski definition) is 2. The summed E-state index contributed by atoms with van der Waals surface area (Å²) in [4.78, 5) is 12.3. The summed E-state index contributed by atoms with van der Waals surface area (Å²) in [5.74, 6) is 0.516. The van der Waals surface area contributed by atoms with Gasteiger partial charge in [-0.05, 0) is 46.9 Å². The van der Waals surface area contributed by atoms with Crippen molar-refractivity contribution in [1.29, 1.82) is 0 Å². The minimum absolute atomic E-state index is 0.0337. The third-order valence-corrected chi connectivity index (χ3v) is 5.10. The van der Waals surface area contributed by atoms with Crippen LogP contribution >= 0.6 is 0 Å². The zero-order valence-corrected chi connectivity index (χ0v) is 16.2. The van der Waals surface area contributed by atoms with Gasteiger partial charge in [0.1, 0.15) is 6.61 Å². The molecule has 0 aromatic heterocycles. The Morgan fingerprint density at radius 3 is 2.31 bits per heavy atom. The summed E-state index contributed by atoms with van der Waals surface area (Å²) in [5, 5.41) is 12.5. The molecule has 0 heterocycles. The van der Waals surface area contributed by atoms with Crippen LogP contribution in [0.1, 0.15) is 29.5 Å². The number of phenolic OH excluding ortho intramolecular Hbond substituents is 1. The fraction of sp³-hybridized carbons (Fsp3) is 0.208. The standard InChI is InChI=1S/C24H23NO4/c1-2-28-23-13-16(11-12-22(23)26)14-25-24(27)29-15-21-19-9-5-3-7-17(19)18-8-4-6-10-20(18)21/h3-13,21,26H,2,14-15H2,1H3,(H,25,27). The van der Waals surface area contributed by atoms with Crippen molar-refractivity contribution in [1.82, 2.24) is 5.32 Å². The Bertz CT molecular complexity index is 985. The van der Waals surface area contributed by atoms with Crippen molar-refractivity contribution in [3.05, 3.63) is 83.4 Å². The number of aromatic hydroxyl groups is 1. The monoisotopic (exact) mass is 389 g/mol. The maximum absolute atomic E-state index is 12.3. The quantitative estimate of drug-likeness (QED) is 0.634. The summed E-state index contributed by atoms with van der Waals surface area (Å²) in [7, 11) is 0. The molecule has 4 rings (SSSR count). The molecule has 0 aliphatic heterocycles. The zero-order valence-electron chi connectivity index (χ0n) is 16.2. The molecule has 1 amide bonds. The van der Waals surface area contributed by atoms with Crippen LogP contribution < -0.4 is 10.1 Å². The molecule has 5 heteroatoms. The highest BCUT2D eigenvalue weighted by Gasteiger charge is 2.28. The van der Waals surface area contributed by atoms with E-state index in [1.807, 2.05) is 31.2 Å². The van der Waals surface area contributed by atoms with E-state index >= 15 is 0 Å². The number of carbonyl (C=O) groups excluding carboxylic acids is 1. The van der Waals surface area contributed by atoms with Crippen molar-refractivity contribution in [3.63, 3.8) is 0 Å². The first kappa shape index (κ1) is 18.9. The predicted molar refractivity (Wildman–Crippen MR) is 111 cm³/mol. The highest BCUT2D eigenvalue weighted by Crippen LogP contribution is 2.44. The molecule has 0 unspecified atom stereocenters. The highest BCUT2D eigenvalue weighted by molar-refractivity contribution is 5.79. The lowest BCUT2D eigenvalue weighted by Gasteiger charge is -2.15. The SMILES string of the molecule is CCOc1cc(CNC(=O)OCC2c3ccccc3-c3ccccc32)ccc1O. The maximum Gasteiger partial charge on any atom is 0.407 e.